The molecule has 0 fully saturated rings. The summed E-state index contributed by atoms with van der Waals surface area (Å²) < 4.78 is 27.9. The summed E-state index contributed by atoms with van der Waals surface area (Å²) in [6, 6.07) is 4.49. The van der Waals surface area contributed by atoms with Gasteiger partial charge >= 0.3 is 0 Å². The molecule has 1 rings (SSSR count). The molecule has 0 amide bonds. The van der Waals surface area contributed by atoms with E-state index in [2.05, 4.69) is 9.44 Å². The topological polar surface area (TPSA) is 78.4 Å². The Balaban J connectivity index is 2.93. The van der Waals surface area contributed by atoms with Crippen LogP contribution in [0, 0.1) is 6.92 Å². The molecule has 1 aromatic carbocycles. The number of hydrogen-bond donors (Lipinski definition) is 3. The van der Waals surface area contributed by atoms with Crippen LogP contribution in [0.3, 0.4) is 0 Å². The van der Waals surface area contributed by atoms with Crippen LogP contribution in [0.4, 0.5) is 5.69 Å². The molecule has 3 N–H and O–H groups in total. The predicted molar refractivity (Wildman–Crippen MR) is 63.7 cm³/mol. The van der Waals surface area contributed by atoms with Crippen molar-refractivity contribution in [3.05, 3.63) is 23.8 Å². The molecule has 0 saturated heterocycles. The van der Waals surface area contributed by atoms with E-state index in [-0.39, 0.29) is 11.8 Å². The van der Waals surface area contributed by atoms with Crippen LogP contribution >= 0.6 is 0 Å². The number of benzene rings is 1. The van der Waals surface area contributed by atoms with E-state index in [1.807, 2.05) is 0 Å². The predicted octanol–water partition coefficient (Wildman–Crippen LogP) is 1.36. The highest BCUT2D eigenvalue weighted by atomic mass is 32.2. The second-order valence-electron chi connectivity index (χ2n) is 3.83. The number of anilines is 1. The lowest BCUT2D eigenvalue weighted by molar-refractivity contribution is 0.471. The molecule has 16 heavy (non-hydrogen) atoms. The van der Waals surface area contributed by atoms with Crippen molar-refractivity contribution < 1.29 is 13.5 Å². The molecule has 0 aliphatic carbocycles. The quantitative estimate of drug-likeness (QED) is 0.748. The normalized spacial score (nSPS) is 11.8. The summed E-state index contributed by atoms with van der Waals surface area (Å²) in [6.07, 6.45) is 0. The highest BCUT2D eigenvalue weighted by Gasteiger charge is 2.13. The van der Waals surface area contributed by atoms with E-state index in [1.165, 1.54) is 6.07 Å². The first-order valence-corrected chi connectivity index (χ1v) is 6.39. The standard InChI is InChI=1S/C10H16N2O3S/c1-7(2)11-16(14,15)12-9-5-4-6-10(13)8(9)3/h4-7,11-13H,1-3H3. The minimum Gasteiger partial charge on any atom is -0.508 e. The highest BCUT2D eigenvalue weighted by molar-refractivity contribution is 7.90. The summed E-state index contributed by atoms with van der Waals surface area (Å²) in [5, 5.41) is 9.42. The third-order valence-corrected chi connectivity index (χ3v) is 3.21. The Morgan fingerprint density at radius 3 is 2.50 bits per heavy atom. The summed E-state index contributed by atoms with van der Waals surface area (Å²) in [7, 11) is -3.58. The fraction of sp³-hybridized carbons (Fsp3) is 0.400. The first-order valence-electron chi connectivity index (χ1n) is 4.90. The van der Waals surface area contributed by atoms with Gasteiger partial charge in [-0.15, -0.1) is 0 Å². The van der Waals surface area contributed by atoms with Gasteiger partial charge in [0, 0.05) is 11.6 Å². The van der Waals surface area contributed by atoms with E-state index < -0.39 is 10.2 Å². The number of hydrogen-bond acceptors (Lipinski definition) is 3. The van der Waals surface area contributed by atoms with Crippen LogP contribution in [0.25, 0.3) is 0 Å². The molecule has 0 atom stereocenters. The lowest BCUT2D eigenvalue weighted by atomic mass is 10.2. The summed E-state index contributed by atoms with van der Waals surface area (Å²) in [5.74, 6) is 0.0600. The number of rotatable bonds is 4. The Morgan fingerprint density at radius 2 is 1.94 bits per heavy atom. The lowest BCUT2D eigenvalue weighted by Crippen LogP contribution is -2.35. The molecule has 0 saturated carbocycles. The third kappa shape index (κ3) is 3.39. The number of nitrogens with one attached hydrogen (secondary N) is 2. The molecule has 0 aromatic heterocycles. The third-order valence-electron chi connectivity index (χ3n) is 1.94. The Hall–Kier alpha value is -1.27. The van der Waals surface area contributed by atoms with Crippen molar-refractivity contribution in [2.24, 2.45) is 0 Å². The molecular formula is C10H16N2O3S. The summed E-state index contributed by atoms with van der Waals surface area (Å²) >= 11 is 0. The van der Waals surface area contributed by atoms with Crippen molar-refractivity contribution in [2.75, 3.05) is 4.72 Å². The smallest absolute Gasteiger partial charge is 0.299 e. The Morgan fingerprint density at radius 1 is 1.31 bits per heavy atom. The van der Waals surface area contributed by atoms with Gasteiger partial charge in [-0.2, -0.15) is 13.1 Å². The summed E-state index contributed by atoms with van der Waals surface area (Å²) in [6.45, 7) is 5.10. The van der Waals surface area contributed by atoms with E-state index in [0.29, 0.717) is 11.3 Å². The van der Waals surface area contributed by atoms with Gasteiger partial charge in [-0.3, -0.25) is 4.72 Å². The number of phenolic OH excluding ortho intramolecular Hbond substituents is 1. The Kier molecular flexibility index (Phi) is 3.77. The first kappa shape index (κ1) is 12.8. The van der Waals surface area contributed by atoms with E-state index in [9.17, 15) is 13.5 Å². The molecule has 0 heterocycles. The van der Waals surface area contributed by atoms with Crippen LogP contribution in [0.2, 0.25) is 0 Å². The van der Waals surface area contributed by atoms with Crippen molar-refractivity contribution in [2.45, 2.75) is 26.8 Å². The van der Waals surface area contributed by atoms with Gasteiger partial charge in [0.05, 0.1) is 5.69 Å². The second-order valence-corrected chi connectivity index (χ2v) is 5.27. The molecule has 0 bridgehead atoms. The van der Waals surface area contributed by atoms with Gasteiger partial charge in [0.2, 0.25) is 0 Å². The van der Waals surface area contributed by atoms with Crippen LogP contribution in [0.15, 0.2) is 18.2 Å². The molecule has 1 aromatic rings. The van der Waals surface area contributed by atoms with Crippen molar-refractivity contribution in [3.8, 4) is 5.75 Å². The zero-order chi connectivity index (χ0) is 12.3. The average molecular weight is 244 g/mol. The summed E-state index contributed by atoms with van der Waals surface area (Å²) in [4.78, 5) is 0. The fourth-order valence-corrected chi connectivity index (χ4v) is 2.41. The Labute approximate surface area is 95.7 Å². The van der Waals surface area contributed by atoms with Crippen LogP contribution in [-0.4, -0.2) is 19.6 Å². The molecule has 5 nitrogen and oxygen atoms in total. The van der Waals surface area contributed by atoms with E-state index in [0.717, 1.165) is 0 Å². The van der Waals surface area contributed by atoms with Crippen molar-refractivity contribution in [1.29, 1.82) is 0 Å². The zero-order valence-electron chi connectivity index (χ0n) is 9.48. The maximum absolute atomic E-state index is 11.6. The molecule has 0 radical (unpaired) electrons. The average Bonchev–Trinajstić information content (AvgIpc) is 2.10. The van der Waals surface area contributed by atoms with Gasteiger partial charge in [0.15, 0.2) is 0 Å². The molecular weight excluding hydrogens is 228 g/mol. The fourth-order valence-electron chi connectivity index (χ4n) is 1.22. The van der Waals surface area contributed by atoms with Gasteiger partial charge in [-0.05, 0) is 32.9 Å². The molecule has 0 spiro atoms. The Bertz CT molecular complexity index is 469. The van der Waals surface area contributed by atoms with Gasteiger partial charge in [-0.1, -0.05) is 6.07 Å². The zero-order valence-corrected chi connectivity index (χ0v) is 10.3. The minimum atomic E-state index is -3.58. The first-order chi connectivity index (χ1) is 7.32. The summed E-state index contributed by atoms with van der Waals surface area (Å²) in [5.41, 5.74) is 0.866. The van der Waals surface area contributed by atoms with Crippen molar-refractivity contribution in [3.63, 3.8) is 0 Å². The van der Waals surface area contributed by atoms with E-state index in [4.69, 9.17) is 0 Å². The van der Waals surface area contributed by atoms with E-state index >= 15 is 0 Å². The lowest BCUT2D eigenvalue weighted by Gasteiger charge is -2.13. The molecule has 0 aliphatic rings. The van der Waals surface area contributed by atoms with Gasteiger partial charge in [0.25, 0.3) is 10.2 Å². The minimum absolute atomic E-state index is 0.0600. The monoisotopic (exact) mass is 244 g/mol. The van der Waals surface area contributed by atoms with Crippen LogP contribution in [-0.2, 0) is 10.2 Å². The number of phenols is 1. The van der Waals surface area contributed by atoms with Gasteiger partial charge < -0.3 is 5.11 Å². The van der Waals surface area contributed by atoms with Crippen LogP contribution < -0.4 is 9.44 Å². The molecule has 0 unspecified atom stereocenters. The molecule has 90 valence electrons. The van der Waals surface area contributed by atoms with Gasteiger partial charge in [-0.25, -0.2) is 0 Å². The SMILES string of the molecule is Cc1c(O)cccc1NS(=O)(=O)NC(C)C. The number of aromatic hydroxyl groups is 1. The van der Waals surface area contributed by atoms with Crippen molar-refractivity contribution >= 4 is 15.9 Å². The molecule has 6 heteroatoms. The van der Waals surface area contributed by atoms with Crippen LogP contribution in [0.5, 0.6) is 5.75 Å². The maximum atomic E-state index is 11.6. The highest BCUT2D eigenvalue weighted by Crippen LogP contribution is 2.24. The second kappa shape index (κ2) is 4.71. The molecule has 0 aliphatic heterocycles. The maximum Gasteiger partial charge on any atom is 0.299 e. The largest absolute Gasteiger partial charge is 0.508 e. The van der Waals surface area contributed by atoms with Crippen molar-refractivity contribution in [1.82, 2.24) is 4.72 Å². The van der Waals surface area contributed by atoms with Gasteiger partial charge in [0.1, 0.15) is 5.75 Å². The van der Waals surface area contributed by atoms with Crippen LogP contribution in [0.1, 0.15) is 19.4 Å². The van der Waals surface area contributed by atoms with E-state index in [1.54, 1.807) is 32.9 Å².